The molecule has 0 saturated carbocycles. The van der Waals surface area contributed by atoms with Gasteiger partial charge in [0.15, 0.2) is 0 Å². The van der Waals surface area contributed by atoms with Crippen LogP contribution in [0.2, 0.25) is 0 Å². The van der Waals surface area contributed by atoms with Crippen LogP contribution >= 0.6 is 9.19 Å². The monoisotopic (exact) mass is 802 g/mol. The third kappa shape index (κ3) is 6.78. The Kier molecular flexibility index (Phi) is 10.1. The number of benzene rings is 6. The van der Waals surface area contributed by atoms with Gasteiger partial charge in [-0.2, -0.15) is 0 Å². The molecule has 0 aromatic heterocycles. The summed E-state index contributed by atoms with van der Waals surface area (Å²) in [4.78, 5) is 5.00. The fraction of sp³-hybridized carbons (Fsp3) is 0.143. The molecule has 2 heterocycles. The molecule has 6 aromatic rings. The summed E-state index contributed by atoms with van der Waals surface area (Å²) in [5.74, 6) is -0.0215. The predicted molar refractivity (Wildman–Crippen MR) is 220 cm³/mol. The first-order chi connectivity index (χ1) is 25.9. The average molecular weight is 804 g/mol. The number of nitrogens with zero attached hydrogens (tertiary/aromatic N) is 2. The number of fused-ring (bicyclic) bond motifs is 1. The van der Waals surface area contributed by atoms with E-state index in [1.54, 1.807) is 0 Å². The minimum atomic E-state index is -0.164. The number of aryl methyl sites for hydroxylation is 4. The topological polar surface area (TPSA) is 6.48 Å². The van der Waals surface area contributed by atoms with Gasteiger partial charge in [-0.05, 0) is 0 Å². The number of hydrogen-bond acceptors (Lipinski definition) is 2. The number of rotatable bonds is 9. The van der Waals surface area contributed by atoms with Crippen LogP contribution in [0, 0.1) is 27.7 Å². The van der Waals surface area contributed by atoms with Gasteiger partial charge in [-0.15, -0.1) is 0 Å². The molecule has 6 aromatic carbocycles. The van der Waals surface area contributed by atoms with E-state index in [1.807, 2.05) is 0 Å². The molecule has 0 amide bonds. The van der Waals surface area contributed by atoms with E-state index < -0.39 is 0 Å². The molecule has 268 valence electrons. The second kappa shape index (κ2) is 15.3. The van der Waals surface area contributed by atoms with Crippen molar-refractivity contribution >= 4 is 20.6 Å². The standard InChI is InChI=1S/C49H43N2.Ag.ClH.H/c1-34-28-36(3)46(37(4)29-34)45-27-17-26-42-32-50(33-51(42)45)49-43(47(38-18-9-5-10-19-38)39-20-11-6-12-21-39)30-35(2)31-44(49)48(40-22-13-7-14-23-40)41-24-15-8-16-25-41;;;/h5-33,47-48H,1-4H3;;1H;/q;+1;;/p-1. The number of hydrogen-bond donors (Lipinski definition) is 0. The van der Waals surface area contributed by atoms with Gasteiger partial charge in [-0.1, -0.05) is 0 Å². The summed E-state index contributed by atoms with van der Waals surface area (Å²) in [5.41, 5.74) is 17.5. The van der Waals surface area contributed by atoms with E-state index in [2.05, 4.69) is 208 Å². The molecule has 8 rings (SSSR count). The summed E-state index contributed by atoms with van der Waals surface area (Å²) in [6.07, 6.45) is 9.05. The van der Waals surface area contributed by atoms with Gasteiger partial charge in [0.05, 0.1) is 0 Å². The van der Waals surface area contributed by atoms with Crippen LogP contribution < -0.4 is 4.90 Å². The van der Waals surface area contributed by atoms with Crippen molar-refractivity contribution in [3.8, 4) is 0 Å². The second-order valence-corrected chi connectivity index (χ2v) is 16.1. The molecular formula is C49H44AgClN2. The molecule has 53 heavy (non-hydrogen) atoms. The molecule has 1 atom stereocenters. The van der Waals surface area contributed by atoms with Crippen LogP contribution in [0.25, 0.3) is 5.70 Å². The van der Waals surface area contributed by atoms with Gasteiger partial charge in [-0.3, -0.25) is 0 Å². The Hall–Kier alpha value is -4.83. The van der Waals surface area contributed by atoms with Gasteiger partial charge in [-0.25, -0.2) is 0 Å². The quantitative estimate of drug-likeness (QED) is 0.106. The van der Waals surface area contributed by atoms with Gasteiger partial charge in [0.2, 0.25) is 0 Å². The first-order valence-electron chi connectivity index (χ1n) is 18.2. The van der Waals surface area contributed by atoms with Crippen LogP contribution in [0.1, 0.15) is 73.0 Å². The Balaban J connectivity index is 1.42. The zero-order chi connectivity index (χ0) is 36.5. The van der Waals surface area contributed by atoms with E-state index in [4.69, 9.17) is 9.19 Å². The summed E-state index contributed by atoms with van der Waals surface area (Å²) >= 11 is -0.164. The van der Waals surface area contributed by atoms with E-state index in [0.717, 1.165) is 5.70 Å². The Labute approximate surface area is 327 Å². The molecule has 2 aliphatic rings. The van der Waals surface area contributed by atoms with Gasteiger partial charge in [0.25, 0.3) is 0 Å². The molecule has 0 fully saturated rings. The Morgan fingerprint density at radius 1 is 0.566 bits per heavy atom. The van der Waals surface area contributed by atoms with Crippen LogP contribution in [0.15, 0.2) is 176 Å². The van der Waals surface area contributed by atoms with Crippen LogP contribution in [0.5, 0.6) is 0 Å². The zero-order valence-corrected chi connectivity index (χ0v) is 32.8. The number of allylic oxidation sites excluding steroid dienone is 3. The molecule has 0 aliphatic carbocycles. The van der Waals surface area contributed by atoms with E-state index in [1.165, 1.54) is 72.6 Å². The molecule has 0 radical (unpaired) electrons. The van der Waals surface area contributed by atoms with Crippen LogP contribution in [0.4, 0.5) is 5.69 Å². The van der Waals surface area contributed by atoms with Gasteiger partial charge in [0, 0.05) is 0 Å². The maximum absolute atomic E-state index is 7.28. The Bertz CT molecular complexity index is 2130. The molecule has 0 N–H and O–H groups in total. The first kappa shape index (κ1) is 35.2. The van der Waals surface area contributed by atoms with Crippen molar-refractivity contribution in [2.75, 3.05) is 4.90 Å². The summed E-state index contributed by atoms with van der Waals surface area (Å²) in [7, 11) is 7.28. The molecule has 1 unspecified atom stereocenters. The van der Waals surface area contributed by atoms with Crippen molar-refractivity contribution in [1.82, 2.24) is 4.90 Å². The Morgan fingerprint density at radius 3 is 1.40 bits per heavy atom. The normalized spacial score (nSPS) is 15.3. The van der Waals surface area contributed by atoms with Crippen molar-refractivity contribution in [2.45, 2.75) is 43.9 Å². The van der Waals surface area contributed by atoms with Crippen LogP contribution in [-0.2, 0) is 18.7 Å². The van der Waals surface area contributed by atoms with Crippen molar-refractivity contribution in [3.63, 3.8) is 0 Å². The molecule has 0 spiro atoms. The minimum absolute atomic E-state index is 0.0107. The summed E-state index contributed by atoms with van der Waals surface area (Å²) in [5, 5.41) is 0. The SMILES string of the molecule is Cc1cc(C)c(C2=CC=CC3=CN(c4c(C(c5ccccc5)c5ccccc5)cc(C)cc4C(c4ccccc4)c4ccccc4)[CH]([AgH][Cl])N32)c(C)c1. The second-order valence-electron chi connectivity index (χ2n) is 14.2. The fourth-order valence-electron chi connectivity index (χ4n) is 8.46. The van der Waals surface area contributed by atoms with Gasteiger partial charge in [0.1, 0.15) is 0 Å². The average Bonchev–Trinajstić information content (AvgIpc) is 3.55. The van der Waals surface area contributed by atoms with E-state index >= 15 is 0 Å². The molecule has 0 saturated heterocycles. The number of anilines is 1. The molecule has 2 aliphatic heterocycles. The van der Waals surface area contributed by atoms with Crippen LogP contribution in [-0.4, -0.2) is 9.28 Å². The maximum atomic E-state index is 7.28. The van der Waals surface area contributed by atoms with Crippen molar-refractivity contribution in [3.05, 3.63) is 237 Å². The first-order valence-corrected chi connectivity index (χ1v) is 21.1. The summed E-state index contributed by atoms with van der Waals surface area (Å²) in [6.45, 7) is 8.89. The third-order valence-corrected chi connectivity index (χ3v) is 12.3. The fourth-order valence-corrected chi connectivity index (χ4v) is 10.3. The summed E-state index contributed by atoms with van der Waals surface area (Å²) in [6, 6.07) is 53.3. The van der Waals surface area contributed by atoms with Crippen LogP contribution in [0.3, 0.4) is 0 Å². The molecule has 2 nitrogen and oxygen atoms in total. The van der Waals surface area contributed by atoms with E-state index in [-0.39, 0.29) is 34.9 Å². The molecular weight excluding hydrogens is 760 g/mol. The number of halogens is 1. The van der Waals surface area contributed by atoms with Gasteiger partial charge >= 0.3 is 330 Å². The van der Waals surface area contributed by atoms with Crippen molar-refractivity contribution in [2.24, 2.45) is 0 Å². The van der Waals surface area contributed by atoms with Crippen molar-refractivity contribution < 1.29 is 18.7 Å². The predicted octanol–water partition coefficient (Wildman–Crippen LogP) is 12.1. The van der Waals surface area contributed by atoms with Crippen molar-refractivity contribution in [1.29, 1.82) is 0 Å². The van der Waals surface area contributed by atoms with E-state index in [9.17, 15) is 0 Å². The van der Waals surface area contributed by atoms with E-state index in [0.29, 0.717) is 0 Å². The molecule has 0 bridgehead atoms. The molecule has 4 heteroatoms. The van der Waals surface area contributed by atoms with Gasteiger partial charge < -0.3 is 0 Å². The summed E-state index contributed by atoms with van der Waals surface area (Å²) < 4.78 is -0.114. The zero-order valence-electron chi connectivity index (χ0n) is 30.5. The third-order valence-electron chi connectivity index (χ3n) is 10.5. The Morgan fingerprint density at radius 2 is 0.981 bits per heavy atom.